The molecule has 1 amide bonds. The molecule has 0 saturated heterocycles. The van der Waals surface area contributed by atoms with E-state index in [2.05, 4.69) is 16.9 Å². The van der Waals surface area contributed by atoms with Crippen LogP contribution in [0.25, 0.3) is 17.5 Å². The highest BCUT2D eigenvalue weighted by Crippen LogP contribution is 2.24. The monoisotopic (exact) mass is 361 g/mol. The van der Waals surface area contributed by atoms with Gasteiger partial charge in [0.2, 0.25) is 6.41 Å². The molecule has 0 atom stereocenters. The normalized spacial score (nSPS) is 11.0. The lowest BCUT2D eigenvalue weighted by atomic mass is 10.0. The summed E-state index contributed by atoms with van der Waals surface area (Å²) in [4.78, 5) is 20.9. The predicted molar refractivity (Wildman–Crippen MR) is 98.5 cm³/mol. The van der Waals surface area contributed by atoms with Crippen molar-refractivity contribution in [1.29, 1.82) is 0 Å². The summed E-state index contributed by atoms with van der Waals surface area (Å²) in [6.07, 6.45) is 10.3. The Kier molecular flexibility index (Phi) is 7.07. The minimum Gasteiger partial charge on any atom is -0.322 e. The number of unbranched alkanes of at least 4 members (excludes halogenated alkanes) is 2. The molecule has 0 aliphatic rings. The molecular weight excluding hydrogens is 341 g/mol. The molecule has 0 N–H and O–H groups in total. The summed E-state index contributed by atoms with van der Waals surface area (Å²) < 4.78 is 14.3. The number of aromatic nitrogens is 2. The van der Waals surface area contributed by atoms with Crippen molar-refractivity contribution in [2.24, 2.45) is 0 Å². The van der Waals surface area contributed by atoms with E-state index in [4.69, 9.17) is 11.6 Å². The summed E-state index contributed by atoms with van der Waals surface area (Å²) >= 11 is 5.78. The van der Waals surface area contributed by atoms with Crippen LogP contribution in [-0.2, 0) is 4.79 Å². The van der Waals surface area contributed by atoms with Gasteiger partial charge in [0.05, 0.1) is 10.6 Å². The summed E-state index contributed by atoms with van der Waals surface area (Å²) in [6.45, 7) is 4.60. The van der Waals surface area contributed by atoms with E-state index in [0.717, 1.165) is 36.8 Å². The van der Waals surface area contributed by atoms with Crippen molar-refractivity contribution in [3.63, 3.8) is 0 Å². The van der Waals surface area contributed by atoms with Crippen LogP contribution in [0.1, 0.15) is 37.3 Å². The number of rotatable bonds is 8. The van der Waals surface area contributed by atoms with Crippen LogP contribution in [0.15, 0.2) is 30.7 Å². The van der Waals surface area contributed by atoms with Crippen molar-refractivity contribution in [3.05, 3.63) is 52.7 Å². The van der Waals surface area contributed by atoms with Gasteiger partial charge in [-0.25, -0.2) is 14.4 Å². The molecule has 0 saturated carbocycles. The number of halogens is 2. The second-order valence-corrected chi connectivity index (χ2v) is 6.22. The van der Waals surface area contributed by atoms with E-state index < -0.39 is 5.82 Å². The lowest BCUT2D eigenvalue weighted by molar-refractivity contribution is -0.115. The van der Waals surface area contributed by atoms with Crippen LogP contribution in [0.4, 0.5) is 4.39 Å². The van der Waals surface area contributed by atoms with Gasteiger partial charge in [-0.15, -0.1) is 0 Å². The number of benzene rings is 1. The Balaban J connectivity index is 2.25. The molecule has 0 spiro atoms. The van der Waals surface area contributed by atoms with Crippen LogP contribution >= 0.6 is 11.6 Å². The van der Waals surface area contributed by atoms with E-state index in [1.54, 1.807) is 23.2 Å². The summed E-state index contributed by atoms with van der Waals surface area (Å²) in [7, 11) is 0. The van der Waals surface area contributed by atoms with Gasteiger partial charge in [0.15, 0.2) is 5.82 Å². The Morgan fingerprint density at radius 3 is 2.60 bits per heavy atom. The molecule has 0 bridgehead atoms. The number of hydrogen-bond donors (Lipinski definition) is 0. The van der Waals surface area contributed by atoms with Crippen LogP contribution in [0, 0.1) is 12.7 Å². The van der Waals surface area contributed by atoms with Gasteiger partial charge in [-0.05, 0) is 42.7 Å². The number of amides is 1. The molecule has 1 aromatic carbocycles. The number of hydrogen-bond acceptors (Lipinski definition) is 3. The van der Waals surface area contributed by atoms with Gasteiger partial charge in [0.1, 0.15) is 5.82 Å². The van der Waals surface area contributed by atoms with Crippen LogP contribution < -0.4 is 0 Å². The molecule has 132 valence electrons. The van der Waals surface area contributed by atoms with Crippen molar-refractivity contribution in [1.82, 2.24) is 14.9 Å². The van der Waals surface area contributed by atoms with Gasteiger partial charge >= 0.3 is 0 Å². The number of aryl methyl sites for hydroxylation is 1. The molecule has 0 aliphatic heterocycles. The van der Waals surface area contributed by atoms with Crippen LogP contribution in [0.3, 0.4) is 0 Å². The number of carbonyl (C=O) groups is 1. The highest BCUT2D eigenvalue weighted by molar-refractivity contribution is 6.30. The highest BCUT2D eigenvalue weighted by atomic mass is 35.5. The standard InChI is InChI=1S/C19H21ClFN3O/c1-3-4-5-7-24(13-25)8-6-15-10-17(18(21)9-14(15)2)19-22-11-16(20)12-23-19/h6,8-13H,3-5,7H2,1-2H3/b8-6-. The topological polar surface area (TPSA) is 46.1 Å². The van der Waals surface area contributed by atoms with Gasteiger partial charge in [0, 0.05) is 25.1 Å². The van der Waals surface area contributed by atoms with E-state index in [1.165, 1.54) is 18.5 Å². The Morgan fingerprint density at radius 2 is 1.96 bits per heavy atom. The molecule has 6 heteroatoms. The van der Waals surface area contributed by atoms with Crippen LogP contribution in [0.2, 0.25) is 5.02 Å². The fourth-order valence-corrected chi connectivity index (χ4v) is 2.47. The van der Waals surface area contributed by atoms with E-state index in [9.17, 15) is 9.18 Å². The number of carbonyl (C=O) groups excluding carboxylic acids is 1. The lowest BCUT2D eigenvalue weighted by Crippen LogP contribution is -2.15. The fourth-order valence-electron chi connectivity index (χ4n) is 2.37. The third-order valence-corrected chi connectivity index (χ3v) is 4.01. The van der Waals surface area contributed by atoms with Gasteiger partial charge in [-0.1, -0.05) is 31.4 Å². The van der Waals surface area contributed by atoms with E-state index in [1.807, 2.05) is 6.92 Å². The molecule has 0 fully saturated rings. The van der Waals surface area contributed by atoms with Gasteiger partial charge in [-0.2, -0.15) is 0 Å². The smallest absolute Gasteiger partial charge is 0.213 e. The zero-order chi connectivity index (χ0) is 18.2. The Bertz CT molecular complexity index is 747. The first-order valence-corrected chi connectivity index (χ1v) is 8.60. The van der Waals surface area contributed by atoms with Crippen LogP contribution in [0.5, 0.6) is 0 Å². The number of nitrogens with zero attached hydrogens (tertiary/aromatic N) is 3. The zero-order valence-corrected chi connectivity index (χ0v) is 15.1. The summed E-state index contributed by atoms with van der Waals surface area (Å²) in [5.41, 5.74) is 1.87. The molecular formula is C19H21ClFN3O. The second-order valence-electron chi connectivity index (χ2n) is 5.78. The van der Waals surface area contributed by atoms with E-state index in [-0.39, 0.29) is 5.82 Å². The third kappa shape index (κ3) is 5.36. The van der Waals surface area contributed by atoms with Crippen molar-refractivity contribution in [2.75, 3.05) is 6.54 Å². The minimum absolute atomic E-state index is 0.270. The van der Waals surface area contributed by atoms with Crippen molar-refractivity contribution in [3.8, 4) is 11.4 Å². The molecule has 2 rings (SSSR count). The lowest BCUT2D eigenvalue weighted by Gasteiger charge is -2.12. The SMILES string of the molecule is CCCCCN(C=O)/C=C\c1cc(-c2ncc(Cl)cn2)c(F)cc1C. The maximum Gasteiger partial charge on any atom is 0.213 e. The predicted octanol–water partition coefficient (Wildman–Crippen LogP) is 4.86. The maximum atomic E-state index is 14.3. The summed E-state index contributed by atoms with van der Waals surface area (Å²) in [5.74, 6) is -0.126. The second kappa shape index (κ2) is 9.28. The third-order valence-electron chi connectivity index (χ3n) is 3.82. The molecule has 2 aromatic rings. The molecule has 1 aromatic heterocycles. The molecule has 4 nitrogen and oxygen atoms in total. The molecule has 0 radical (unpaired) electrons. The first kappa shape index (κ1) is 19.1. The van der Waals surface area contributed by atoms with Crippen molar-refractivity contribution in [2.45, 2.75) is 33.1 Å². The van der Waals surface area contributed by atoms with Gasteiger partial charge in [0.25, 0.3) is 0 Å². The Hall–Kier alpha value is -2.27. The molecule has 0 unspecified atom stereocenters. The maximum absolute atomic E-state index is 14.3. The average Bonchev–Trinajstić information content (AvgIpc) is 2.60. The molecule has 0 aliphatic carbocycles. The molecule has 1 heterocycles. The Morgan fingerprint density at radius 1 is 1.24 bits per heavy atom. The largest absolute Gasteiger partial charge is 0.322 e. The quantitative estimate of drug-likeness (QED) is 0.498. The first-order valence-electron chi connectivity index (χ1n) is 8.22. The van der Waals surface area contributed by atoms with Gasteiger partial charge in [-0.3, -0.25) is 4.79 Å². The fraction of sp³-hybridized carbons (Fsp3) is 0.316. The Labute approximate surface area is 152 Å². The van der Waals surface area contributed by atoms with Crippen molar-refractivity contribution < 1.29 is 9.18 Å². The van der Waals surface area contributed by atoms with Crippen LogP contribution in [-0.4, -0.2) is 27.8 Å². The minimum atomic E-state index is -0.396. The zero-order valence-electron chi connectivity index (χ0n) is 14.4. The molecule has 25 heavy (non-hydrogen) atoms. The average molecular weight is 362 g/mol. The van der Waals surface area contributed by atoms with E-state index >= 15 is 0 Å². The van der Waals surface area contributed by atoms with E-state index in [0.29, 0.717) is 17.1 Å². The van der Waals surface area contributed by atoms with Gasteiger partial charge < -0.3 is 4.90 Å². The first-order chi connectivity index (χ1) is 12.0. The highest BCUT2D eigenvalue weighted by Gasteiger charge is 2.11. The van der Waals surface area contributed by atoms with Crippen molar-refractivity contribution >= 4 is 24.1 Å². The summed E-state index contributed by atoms with van der Waals surface area (Å²) in [5, 5.41) is 0.394. The summed E-state index contributed by atoms with van der Waals surface area (Å²) in [6, 6.07) is 3.12.